The Bertz CT molecular complexity index is 414. The highest BCUT2D eigenvalue weighted by molar-refractivity contribution is 5.31. The van der Waals surface area contributed by atoms with E-state index in [1.54, 1.807) is 6.92 Å². The van der Waals surface area contributed by atoms with E-state index in [1.165, 1.54) is 11.1 Å². The van der Waals surface area contributed by atoms with E-state index in [9.17, 15) is 13.2 Å². The molecule has 1 aliphatic carbocycles. The lowest BCUT2D eigenvalue weighted by molar-refractivity contribution is -0.139. The van der Waals surface area contributed by atoms with E-state index in [2.05, 4.69) is 11.4 Å². The lowest BCUT2D eigenvalue weighted by atomic mass is 9.98. The second-order valence-corrected chi connectivity index (χ2v) is 5.38. The van der Waals surface area contributed by atoms with Crippen LogP contribution < -0.4 is 5.32 Å². The highest BCUT2D eigenvalue weighted by Crippen LogP contribution is 2.30. The number of hydrogen-bond acceptors (Lipinski definition) is 1. The van der Waals surface area contributed by atoms with E-state index in [0.717, 1.165) is 25.7 Å². The minimum Gasteiger partial charge on any atom is -0.307 e. The van der Waals surface area contributed by atoms with Crippen molar-refractivity contribution in [1.29, 1.82) is 0 Å². The van der Waals surface area contributed by atoms with E-state index in [0.29, 0.717) is 0 Å². The number of hydrogen-bond donors (Lipinski definition) is 1. The predicted octanol–water partition coefficient (Wildman–Crippen LogP) is 4.38. The second-order valence-electron chi connectivity index (χ2n) is 5.38. The molecule has 0 saturated heterocycles. The number of alkyl halides is 3. The van der Waals surface area contributed by atoms with Crippen LogP contribution in [0, 0.1) is 0 Å². The first kappa shape index (κ1) is 14.4. The Morgan fingerprint density at radius 3 is 2.74 bits per heavy atom. The summed E-state index contributed by atoms with van der Waals surface area (Å²) >= 11 is 0. The van der Waals surface area contributed by atoms with Crippen LogP contribution in [-0.2, 0) is 6.42 Å². The second kappa shape index (κ2) is 5.95. The van der Waals surface area contributed by atoms with Gasteiger partial charge in [-0.1, -0.05) is 30.7 Å². The predicted molar refractivity (Wildman–Crippen MR) is 70.0 cm³/mol. The quantitative estimate of drug-likeness (QED) is 0.804. The Balaban J connectivity index is 2.08. The molecule has 0 aliphatic heterocycles. The van der Waals surface area contributed by atoms with Gasteiger partial charge in [0.1, 0.15) is 0 Å². The van der Waals surface area contributed by atoms with Gasteiger partial charge in [-0.2, -0.15) is 13.2 Å². The van der Waals surface area contributed by atoms with E-state index in [-0.39, 0.29) is 6.04 Å². The van der Waals surface area contributed by atoms with Gasteiger partial charge in [-0.15, -0.1) is 0 Å². The van der Waals surface area contributed by atoms with Gasteiger partial charge in [-0.25, -0.2) is 0 Å². The van der Waals surface area contributed by atoms with Gasteiger partial charge in [0.2, 0.25) is 0 Å². The topological polar surface area (TPSA) is 12.0 Å². The Morgan fingerprint density at radius 1 is 1.26 bits per heavy atom. The van der Waals surface area contributed by atoms with Crippen LogP contribution >= 0.6 is 0 Å². The number of rotatable bonds is 3. The highest BCUT2D eigenvalue weighted by atomic mass is 19.4. The fraction of sp³-hybridized carbons (Fsp3) is 0.600. The number of halogens is 3. The van der Waals surface area contributed by atoms with Crippen LogP contribution in [0.3, 0.4) is 0 Å². The lowest BCUT2D eigenvalue weighted by Crippen LogP contribution is -2.34. The summed E-state index contributed by atoms with van der Waals surface area (Å²) in [5, 5.41) is 3.15. The maximum Gasteiger partial charge on any atom is 0.390 e. The summed E-state index contributed by atoms with van der Waals surface area (Å²) in [7, 11) is 0. The highest BCUT2D eigenvalue weighted by Gasteiger charge is 2.31. The third-order valence-electron chi connectivity index (χ3n) is 3.64. The van der Waals surface area contributed by atoms with Crippen molar-refractivity contribution in [1.82, 2.24) is 5.32 Å². The molecule has 1 aliphatic rings. The van der Waals surface area contributed by atoms with Gasteiger partial charge in [-0.3, -0.25) is 0 Å². The van der Waals surface area contributed by atoms with E-state index in [1.807, 2.05) is 18.2 Å². The van der Waals surface area contributed by atoms with Crippen molar-refractivity contribution in [3.8, 4) is 0 Å². The normalized spacial score (nSPS) is 21.6. The van der Waals surface area contributed by atoms with Gasteiger partial charge < -0.3 is 5.32 Å². The van der Waals surface area contributed by atoms with Gasteiger partial charge >= 0.3 is 6.18 Å². The SMILES string of the molecule is CC(CC(F)(F)F)NC1CCCCc2ccccc21. The fourth-order valence-corrected chi connectivity index (χ4v) is 2.84. The van der Waals surface area contributed by atoms with Crippen LogP contribution in [0.4, 0.5) is 13.2 Å². The van der Waals surface area contributed by atoms with Crippen LogP contribution in [0.1, 0.15) is 49.8 Å². The zero-order chi connectivity index (χ0) is 13.9. The van der Waals surface area contributed by atoms with E-state index >= 15 is 0 Å². The van der Waals surface area contributed by atoms with Crippen LogP contribution in [-0.4, -0.2) is 12.2 Å². The zero-order valence-corrected chi connectivity index (χ0v) is 11.1. The molecular weight excluding hydrogens is 251 g/mol. The maximum absolute atomic E-state index is 12.4. The Hall–Kier alpha value is -1.03. The maximum atomic E-state index is 12.4. The van der Waals surface area contributed by atoms with Crippen LogP contribution in [0.5, 0.6) is 0 Å². The van der Waals surface area contributed by atoms with Crippen molar-refractivity contribution < 1.29 is 13.2 Å². The number of fused-ring (bicyclic) bond motifs is 1. The zero-order valence-electron chi connectivity index (χ0n) is 11.1. The summed E-state index contributed by atoms with van der Waals surface area (Å²) in [6.45, 7) is 1.61. The molecule has 2 rings (SSSR count). The van der Waals surface area contributed by atoms with Crippen LogP contribution in [0.2, 0.25) is 0 Å². The molecule has 19 heavy (non-hydrogen) atoms. The first-order valence-electron chi connectivity index (χ1n) is 6.86. The molecule has 2 unspecified atom stereocenters. The van der Waals surface area contributed by atoms with Crippen molar-refractivity contribution >= 4 is 0 Å². The van der Waals surface area contributed by atoms with Crippen molar-refractivity contribution in [3.05, 3.63) is 35.4 Å². The molecule has 106 valence electrons. The molecule has 0 aromatic heterocycles. The molecule has 1 N–H and O–H groups in total. The molecule has 0 radical (unpaired) electrons. The average Bonchev–Trinajstić information content (AvgIpc) is 2.50. The summed E-state index contributed by atoms with van der Waals surface area (Å²) in [6.07, 6.45) is -0.753. The molecule has 1 aromatic carbocycles. The molecular formula is C15H20F3N. The van der Waals surface area contributed by atoms with Gasteiger partial charge in [-0.05, 0) is 37.3 Å². The summed E-state index contributed by atoms with van der Waals surface area (Å²) in [4.78, 5) is 0. The Labute approximate surface area is 112 Å². The minimum absolute atomic E-state index is 0.0519. The average molecular weight is 271 g/mol. The Morgan fingerprint density at radius 2 is 2.00 bits per heavy atom. The molecule has 0 fully saturated rings. The molecule has 2 atom stereocenters. The molecule has 0 spiro atoms. The van der Waals surface area contributed by atoms with Gasteiger partial charge in [0.15, 0.2) is 0 Å². The summed E-state index contributed by atoms with van der Waals surface area (Å²) < 4.78 is 37.2. The van der Waals surface area contributed by atoms with E-state index < -0.39 is 18.6 Å². The standard InChI is InChI=1S/C15H20F3N/c1-11(10-15(16,17)18)19-14-9-5-3-7-12-6-2-4-8-13(12)14/h2,4,6,8,11,14,19H,3,5,7,9-10H2,1H3. The molecule has 0 saturated carbocycles. The fourth-order valence-electron chi connectivity index (χ4n) is 2.84. The third kappa shape index (κ3) is 4.23. The van der Waals surface area contributed by atoms with Crippen molar-refractivity contribution in [2.45, 2.75) is 57.3 Å². The summed E-state index contributed by atoms with van der Waals surface area (Å²) in [6, 6.07) is 7.60. The smallest absolute Gasteiger partial charge is 0.307 e. The van der Waals surface area contributed by atoms with Crippen molar-refractivity contribution in [3.63, 3.8) is 0 Å². The lowest BCUT2D eigenvalue weighted by Gasteiger charge is -2.24. The Kier molecular flexibility index (Phi) is 4.50. The molecule has 4 heteroatoms. The van der Waals surface area contributed by atoms with E-state index in [4.69, 9.17) is 0 Å². The molecule has 1 aromatic rings. The van der Waals surface area contributed by atoms with Crippen LogP contribution in [0.15, 0.2) is 24.3 Å². The summed E-state index contributed by atoms with van der Waals surface area (Å²) in [5.41, 5.74) is 2.45. The molecule has 0 bridgehead atoms. The van der Waals surface area contributed by atoms with Gasteiger partial charge in [0, 0.05) is 12.1 Å². The monoisotopic (exact) mass is 271 g/mol. The molecule has 0 amide bonds. The molecule has 1 nitrogen and oxygen atoms in total. The largest absolute Gasteiger partial charge is 0.390 e. The molecule has 0 heterocycles. The minimum atomic E-state index is -4.10. The van der Waals surface area contributed by atoms with Gasteiger partial charge in [0.25, 0.3) is 0 Å². The van der Waals surface area contributed by atoms with Crippen molar-refractivity contribution in [2.24, 2.45) is 0 Å². The number of benzene rings is 1. The van der Waals surface area contributed by atoms with Crippen molar-refractivity contribution in [2.75, 3.05) is 0 Å². The number of aryl methyl sites for hydroxylation is 1. The van der Waals surface area contributed by atoms with Gasteiger partial charge in [0.05, 0.1) is 6.42 Å². The first-order valence-corrected chi connectivity index (χ1v) is 6.86. The number of nitrogens with one attached hydrogen (secondary N) is 1. The summed E-state index contributed by atoms with van der Waals surface area (Å²) in [5.74, 6) is 0. The van der Waals surface area contributed by atoms with Crippen LogP contribution in [0.25, 0.3) is 0 Å². The first-order chi connectivity index (χ1) is 8.96. The third-order valence-corrected chi connectivity index (χ3v) is 3.64.